The summed E-state index contributed by atoms with van der Waals surface area (Å²) in [4.78, 5) is 14.6. The van der Waals surface area contributed by atoms with Crippen molar-refractivity contribution in [1.29, 1.82) is 0 Å². The fourth-order valence-electron chi connectivity index (χ4n) is 3.30. The summed E-state index contributed by atoms with van der Waals surface area (Å²) in [6, 6.07) is 5.52. The number of nitrogens with zero attached hydrogens (tertiary/aromatic N) is 1. The molecule has 2 aliphatic rings. The van der Waals surface area contributed by atoms with E-state index in [0.29, 0.717) is 24.7 Å². The number of methoxy groups -OCH3 is 2. The van der Waals surface area contributed by atoms with Gasteiger partial charge in [0.2, 0.25) is 5.91 Å². The Hall–Kier alpha value is -2.05. The van der Waals surface area contributed by atoms with Gasteiger partial charge in [-0.15, -0.1) is 0 Å². The first-order chi connectivity index (χ1) is 12.2. The highest BCUT2D eigenvalue weighted by Gasteiger charge is 2.35. The molecule has 1 aromatic rings. The zero-order valence-corrected chi connectivity index (χ0v) is 14.8. The molecule has 1 amide bonds. The molecule has 6 heteroatoms. The summed E-state index contributed by atoms with van der Waals surface area (Å²) < 4.78 is 21.8. The van der Waals surface area contributed by atoms with Gasteiger partial charge in [0.25, 0.3) is 0 Å². The zero-order chi connectivity index (χ0) is 17.6. The Morgan fingerprint density at radius 2 is 1.80 bits per heavy atom. The van der Waals surface area contributed by atoms with Crippen molar-refractivity contribution in [2.75, 3.05) is 34.0 Å². The second kappa shape index (κ2) is 8.36. The van der Waals surface area contributed by atoms with Crippen molar-refractivity contribution in [2.45, 2.75) is 31.6 Å². The molecule has 0 spiro atoms. The number of carbonyl (C=O) groups is 1. The first-order valence-corrected chi connectivity index (χ1v) is 8.66. The fraction of sp³-hybridized carbons (Fsp3) is 0.526. The van der Waals surface area contributed by atoms with Crippen LogP contribution in [-0.2, 0) is 14.3 Å². The van der Waals surface area contributed by atoms with E-state index in [1.165, 1.54) is 0 Å². The van der Waals surface area contributed by atoms with Crippen molar-refractivity contribution >= 4 is 12.0 Å². The molecule has 0 bridgehead atoms. The summed E-state index contributed by atoms with van der Waals surface area (Å²) in [6.45, 7) is 1.93. The van der Waals surface area contributed by atoms with Gasteiger partial charge in [0.15, 0.2) is 6.29 Å². The van der Waals surface area contributed by atoms with Crippen LogP contribution in [0.2, 0.25) is 0 Å². The second-order valence-electron chi connectivity index (χ2n) is 6.18. The van der Waals surface area contributed by atoms with Gasteiger partial charge in [-0.1, -0.05) is 0 Å². The van der Waals surface area contributed by atoms with Gasteiger partial charge in [-0.3, -0.25) is 4.79 Å². The molecule has 0 aromatic heterocycles. The Morgan fingerprint density at radius 1 is 1.12 bits per heavy atom. The first-order valence-electron chi connectivity index (χ1n) is 8.66. The average Bonchev–Trinajstić information content (AvgIpc) is 3.20. The van der Waals surface area contributed by atoms with Crippen LogP contribution in [0.1, 0.15) is 24.8 Å². The maximum Gasteiger partial charge on any atom is 0.246 e. The second-order valence-corrected chi connectivity index (χ2v) is 6.18. The maximum atomic E-state index is 12.7. The molecule has 2 heterocycles. The van der Waals surface area contributed by atoms with E-state index in [1.807, 2.05) is 17.0 Å². The van der Waals surface area contributed by atoms with Crippen molar-refractivity contribution in [2.24, 2.45) is 0 Å². The summed E-state index contributed by atoms with van der Waals surface area (Å²) in [6.07, 6.45) is 6.10. The summed E-state index contributed by atoms with van der Waals surface area (Å²) in [7, 11) is 3.21. The first kappa shape index (κ1) is 17.8. The Morgan fingerprint density at radius 3 is 2.44 bits per heavy atom. The largest absolute Gasteiger partial charge is 0.497 e. The molecule has 1 atom stereocenters. The maximum absolute atomic E-state index is 12.7. The quantitative estimate of drug-likeness (QED) is 0.766. The third kappa shape index (κ3) is 4.32. The molecule has 0 N–H and O–H groups in total. The third-order valence-corrected chi connectivity index (χ3v) is 4.59. The smallest absolute Gasteiger partial charge is 0.246 e. The molecule has 3 rings (SSSR count). The normalized spacial score (nSPS) is 21.7. The Balaban J connectivity index is 1.72. The fourth-order valence-corrected chi connectivity index (χ4v) is 3.30. The minimum Gasteiger partial charge on any atom is -0.497 e. The van der Waals surface area contributed by atoms with Crippen molar-refractivity contribution in [3.63, 3.8) is 0 Å². The number of hydrogen-bond acceptors (Lipinski definition) is 5. The molecule has 0 radical (unpaired) electrons. The molecule has 0 unspecified atom stereocenters. The predicted molar refractivity (Wildman–Crippen MR) is 93.6 cm³/mol. The van der Waals surface area contributed by atoms with Gasteiger partial charge in [-0.2, -0.15) is 0 Å². The van der Waals surface area contributed by atoms with E-state index in [-0.39, 0.29) is 18.2 Å². The standard InChI is InChI=1S/C19H25NO5/c1-22-15-11-14(12-16(13-15)23-2)6-7-18(21)20-8-4-3-5-17(20)19-24-9-10-25-19/h6-7,11-13,17,19H,3-5,8-10H2,1-2H3/b7-6+/t17-/m1/s1. The summed E-state index contributed by atoms with van der Waals surface area (Å²) in [5, 5.41) is 0. The zero-order valence-electron chi connectivity index (χ0n) is 14.8. The van der Waals surface area contributed by atoms with Crippen LogP contribution in [-0.4, -0.2) is 57.1 Å². The number of hydrogen-bond donors (Lipinski definition) is 0. The van der Waals surface area contributed by atoms with Crippen molar-refractivity contribution in [3.05, 3.63) is 29.8 Å². The van der Waals surface area contributed by atoms with Crippen LogP contribution in [0, 0.1) is 0 Å². The van der Waals surface area contributed by atoms with Crippen LogP contribution in [0.15, 0.2) is 24.3 Å². The summed E-state index contributed by atoms with van der Waals surface area (Å²) in [5.74, 6) is 1.36. The topological polar surface area (TPSA) is 57.2 Å². The van der Waals surface area contributed by atoms with Crippen molar-refractivity contribution in [3.8, 4) is 11.5 Å². The molecule has 0 aliphatic carbocycles. The van der Waals surface area contributed by atoms with Gasteiger partial charge in [0.05, 0.1) is 33.5 Å². The molecule has 2 aliphatic heterocycles. The molecular weight excluding hydrogens is 322 g/mol. The molecule has 2 fully saturated rings. The predicted octanol–water partition coefficient (Wildman–Crippen LogP) is 2.47. The molecule has 25 heavy (non-hydrogen) atoms. The van der Waals surface area contributed by atoms with Gasteiger partial charge >= 0.3 is 0 Å². The van der Waals surface area contributed by atoms with Crippen LogP contribution in [0.5, 0.6) is 11.5 Å². The Kier molecular flexibility index (Phi) is 5.94. The molecule has 1 aromatic carbocycles. The highest BCUT2D eigenvalue weighted by Crippen LogP contribution is 2.26. The Bertz CT molecular complexity index is 602. The van der Waals surface area contributed by atoms with E-state index in [2.05, 4.69) is 0 Å². The van der Waals surface area contributed by atoms with E-state index < -0.39 is 0 Å². The third-order valence-electron chi connectivity index (χ3n) is 4.59. The molecule has 2 saturated heterocycles. The van der Waals surface area contributed by atoms with Gasteiger partial charge in [-0.05, 0) is 43.0 Å². The summed E-state index contributed by atoms with van der Waals surface area (Å²) >= 11 is 0. The molecule has 0 saturated carbocycles. The number of carbonyl (C=O) groups excluding carboxylic acids is 1. The highest BCUT2D eigenvalue weighted by molar-refractivity contribution is 5.92. The SMILES string of the molecule is COc1cc(/C=C/C(=O)N2CCCC[C@@H]2C2OCCO2)cc(OC)c1. The summed E-state index contributed by atoms with van der Waals surface area (Å²) in [5.41, 5.74) is 0.853. The van der Waals surface area contributed by atoms with Crippen LogP contribution < -0.4 is 9.47 Å². The van der Waals surface area contributed by atoms with E-state index in [9.17, 15) is 4.79 Å². The minimum absolute atomic E-state index is 0.00625. The van der Waals surface area contributed by atoms with E-state index >= 15 is 0 Å². The van der Waals surface area contributed by atoms with Crippen LogP contribution in [0.25, 0.3) is 6.08 Å². The number of amides is 1. The molecule has 6 nitrogen and oxygen atoms in total. The number of rotatable bonds is 5. The van der Waals surface area contributed by atoms with Crippen LogP contribution in [0.4, 0.5) is 0 Å². The Labute approximate surface area is 148 Å². The number of ether oxygens (including phenoxy) is 4. The lowest BCUT2D eigenvalue weighted by atomic mass is 10.0. The number of benzene rings is 1. The van der Waals surface area contributed by atoms with Gasteiger partial charge in [0.1, 0.15) is 11.5 Å². The van der Waals surface area contributed by atoms with E-state index in [0.717, 1.165) is 31.4 Å². The van der Waals surface area contributed by atoms with Gasteiger partial charge in [0, 0.05) is 18.7 Å². The van der Waals surface area contributed by atoms with Gasteiger partial charge in [-0.25, -0.2) is 0 Å². The highest BCUT2D eigenvalue weighted by atomic mass is 16.7. The average molecular weight is 347 g/mol. The van der Waals surface area contributed by atoms with Gasteiger partial charge < -0.3 is 23.8 Å². The molecule has 136 valence electrons. The molecular formula is C19H25NO5. The number of piperidine rings is 1. The lowest BCUT2D eigenvalue weighted by Gasteiger charge is -2.37. The van der Waals surface area contributed by atoms with Crippen LogP contribution in [0.3, 0.4) is 0 Å². The van der Waals surface area contributed by atoms with E-state index in [1.54, 1.807) is 32.4 Å². The number of likely N-dealkylation sites (tertiary alicyclic amines) is 1. The van der Waals surface area contributed by atoms with Crippen LogP contribution >= 0.6 is 0 Å². The monoisotopic (exact) mass is 347 g/mol. The minimum atomic E-state index is -0.297. The van der Waals surface area contributed by atoms with E-state index in [4.69, 9.17) is 18.9 Å². The van der Waals surface area contributed by atoms with Crippen molar-refractivity contribution < 1.29 is 23.7 Å². The van der Waals surface area contributed by atoms with Crippen molar-refractivity contribution in [1.82, 2.24) is 4.90 Å². The lowest BCUT2D eigenvalue weighted by molar-refractivity contribution is -0.145. The lowest BCUT2D eigenvalue weighted by Crippen LogP contribution is -2.49.